The van der Waals surface area contributed by atoms with Crippen LogP contribution in [0.3, 0.4) is 0 Å². The Kier molecular flexibility index (Phi) is 5.22. The van der Waals surface area contributed by atoms with Gasteiger partial charge in [0.1, 0.15) is 12.0 Å². The molecule has 1 saturated heterocycles. The molecule has 1 amide bonds. The maximum absolute atomic E-state index is 12.3. The number of ether oxygens (including phenoxy) is 1. The number of nitrogens with zero attached hydrogens (tertiary/aromatic N) is 2. The van der Waals surface area contributed by atoms with Crippen LogP contribution in [0.1, 0.15) is 29.2 Å². The van der Waals surface area contributed by atoms with E-state index in [1.165, 1.54) is 30.5 Å². The standard InChI is InChI=1S/C16H15F3N2O3S/c17-16(18,19)25-12-5-3-11(4-6-12)23-10-14-20-13(9-24-14)15(22)21-7-1-2-8-21/h3-6,9H,1-2,7-8,10H2. The van der Waals surface area contributed by atoms with Gasteiger partial charge in [0.15, 0.2) is 12.3 Å². The number of aromatic nitrogens is 1. The third kappa shape index (κ3) is 4.91. The molecule has 1 aliphatic heterocycles. The summed E-state index contributed by atoms with van der Waals surface area (Å²) in [6.07, 6.45) is 3.27. The highest BCUT2D eigenvalue weighted by Crippen LogP contribution is 2.37. The smallest absolute Gasteiger partial charge is 0.446 e. The van der Waals surface area contributed by atoms with Gasteiger partial charge in [0, 0.05) is 18.0 Å². The molecule has 1 aromatic heterocycles. The molecular formula is C16H15F3N2O3S. The van der Waals surface area contributed by atoms with Crippen molar-refractivity contribution in [3.8, 4) is 5.75 Å². The maximum Gasteiger partial charge on any atom is 0.446 e. The molecule has 0 unspecified atom stereocenters. The van der Waals surface area contributed by atoms with Gasteiger partial charge in [-0.25, -0.2) is 4.98 Å². The third-order valence-corrected chi connectivity index (χ3v) is 4.32. The number of carbonyl (C=O) groups excluding carboxylic acids is 1. The summed E-state index contributed by atoms with van der Waals surface area (Å²) in [5.74, 6) is 0.453. The Bertz CT molecular complexity index is 725. The monoisotopic (exact) mass is 372 g/mol. The second kappa shape index (κ2) is 7.38. The lowest BCUT2D eigenvalue weighted by atomic mass is 10.3. The Morgan fingerprint density at radius 1 is 1.24 bits per heavy atom. The van der Waals surface area contributed by atoms with Crippen LogP contribution < -0.4 is 4.74 Å². The lowest BCUT2D eigenvalue weighted by Gasteiger charge is -2.12. The molecule has 1 fully saturated rings. The highest BCUT2D eigenvalue weighted by atomic mass is 32.2. The quantitative estimate of drug-likeness (QED) is 0.740. The Morgan fingerprint density at radius 3 is 2.56 bits per heavy atom. The number of alkyl halides is 3. The van der Waals surface area contributed by atoms with Crippen LogP contribution in [0.4, 0.5) is 13.2 Å². The van der Waals surface area contributed by atoms with E-state index in [0.29, 0.717) is 5.75 Å². The number of hydrogen-bond donors (Lipinski definition) is 0. The first-order valence-electron chi connectivity index (χ1n) is 7.63. The molecule has 1 aromatic carbocycles. The van der Waals surface area contributed by atoms with E-state index in [4.69, 9.17) is 9.15 Å². The fourth-order valence-electron chi connectivity index (χ4n) is 2.44. The van der Waals surface area contributed by atoms with Gasteiger partial charge in [0.05, 0.1) is 0 Å². The number of carbonyl (C=O) groups is 1. The minimum absolute atomic E-state index is 0.0148. The second-order valence-electron chi connectivity index (χ2n) is 5.43. The van der Waals surface area contributed by atoms with Crippen LogP contribution in [-0.4, -0.2) is 34.4 Å². The van der Waals surface area contributed by atoms with Crippen LogP contribution in [0.15, 0.2) is 39.8 Å². The Labute approximate surface area is 146 Å². The van der Waals surface area contributed by atoms with Gasteiger partial charge in [-0.1, -0.05) is 0 Å². The molecule has 0 N–H and O–H groups in total. The number of hydrogen-bond acceptors (Lipinski definition) is 5. The summed E-state index contributed by atoms with van der Waals surface area (Å²) in [6.45, 7) is 1.43. The van der Waals surface area contributed by atoms with Crippen LogP contribution in [0.2, 0.25) is 0 Å². The van der Waals surface area contributed by atoms with Crippen LogP contribution in [0.5, 0.6) is 5.75 Å². The number of benzene rings is 1. The van der Waals surface area contributed by atoms with E-state index in [1.54, 1.807) is 4.90 Å². The van der Waals surface area contributed by atoms with Crippen molar-refractivity contribution in [2.45, 2.75) is 29.9 Å². The number of thioether (sulfide) groups is 1. The van der Waals surface area contributed by atoms with Crippen molar-refractivity contribution in [2.24, 2.45) is 0 Å². The van der Waals surface area contributed by atoms with Gasteiger partial charge in [-0.2, -0.15) is 13.2 Å². The summed E-state index contributed by atoms with van der Waals surface area (Å²) in [6, 6.07) is 5.53. The van der Waals surface area contributed by atoms with Crippen molar-refractivity contribution < 1.29 is 27.1 Å². The molecule has 0 bridgehead atoms. The minimum atomic E-state index is -4.32. The predicted molar refractivity (Wildman–Crippen MR) is 84.3 cm³/mol. The molecule has 0 aliphatic carbocycles. The van der Waals surface area contributed by atoms with E-state index < -0.39 is 5.51 Å². The lowest BCUT2D eigenvalue weighted by Crippen LogP contribution is -2.27. The Hall–Kier alpha value is -2.16. The van der Waals surface area contributed by atoms with Crippen molar-refractivity contribution >= 4 is 17.7 Å². The average Bonchev–Trinajstić information content (AvgIpc) is 3.24. The van der Waals surface area contributed by atoms with Gasteiger partial charge in [-0.05, 0) is 48.9 Å². The first kappa shape index (κ1) is 17.7. The SMILES string of the molecule is O=C(c1coc(COc2ccc(SC(F)(F)F)cc2)n1)N1CCCC1. The van der Waals surface area contributed by atoms with Crippen LogP contribution in [0.25, 0.3) is 0 Å². The summed E-state index contributed by atoms with van der Waals surface area (Å²) in [4.78, 5) is 18.1. The summed E-state index contributed by atoms with van der Waals surface area (Å²) in [5.41, 5.74) is -4.09. The summed E-state index contributed by atoms with van der Waals surface area (Å²) in [7, 11) is 0. The van der Waals surface area contributed by atoms with E-state index in [9.17, 15) is 18.0 Å². The van der Waals surface area contributed by atoms with Crippen LogP contribution in [0, 0.1) is 0 Å². The zero-order chi connectivity index (χ0) is 17.9. The molecule has 3 rings (SSSR count). The zero-order valence-electron chi connectivity index (χ0n) is 13.1. The molecule has 5 nitrogen and oxygen atoms in total. The maximum atomic E-state index is 12.3. The van der Waals surface area contributed by atoms with Crippen molar-refractivity contribution in [1.29, 1.82) is 0 Å². The molecule has 25 heavy (non-hydrogen) atoms. The number of likely N-dealkylation sites (tertiary alicyclic amines) is 1. The number of oxazole rings is 1. The fourth-order valence-corrected chi connectivity index (χ4v) is 2.98. The number of halogens is 3. The Balaban J connectivity index is 1.54. The van der Waals surface area contributed by atoms with E-state index >= 15 is 0 Å². The van der Waals surface area contributed by atoms with E-state index in [0.717, 1.165) is 25.9 Å². The van der Waals surface area contributed by atoms with E-state index in [-0.39, 0.29) is 40.8 Å². The van der Waals surface area contributed by atoms with Crippen LogP contribution in [-0.2, 0) is 6.61 Å². The van der Waals surface area contributed by atoms with Gasteiger partial charge >= 0.3 is 5.51 Å². The highest BCUT2D eigenvalue weighted by Gasteiger charge is 2.29. The second-order valence-corrected chi connectivity index (χ2v) is 6.57. The molecule has 2 heterocycles. The van der Waals surface area contributed by atoms with E-state index in [1.807, 2.05) is 0 Å². The molecule has 0 spiro atoms. The van der Waals surface area contributed by atoms with Crippen LogP contribution >= 0.6 is 11.8 Å². The molecular weight excluding hydrogens is 357 g/mol. The lowest BCUT2D eigenvalue weighted by molar-refractivity contribution is -0.0328. The fraction of sp³-hybridized carbons (Fsp3) is 0.375. The molecule has 134 valence electrons. The zero-order valence-corrected chi connectivity index (χ0v) is 13.9. The third-order valence-electron chi connectivity index (χ3n) is 3.58. The van der Waals surface area contributed by atoms with Gasteiger partial charge in [0.2, 0.25) is 5.89 Å². The average molecular weight is 372 g/mol. The topological polar surface area (TPSA) is 55.6 Å². The predicted octanol–water partition coefficient (Wildman–Crippen LogP) is 4.10. The van der Waals surface area contributed by atoms with Gasteiger partial charge in [-0.15, -0.1) is 0 Å². The van der Waals surface area contributed by atoms with Crippen molar-refractivity contribution in [1.82, 2.24) is 9.88 Å². The summed E-state index contributed by atoms with van der Waals surface area (Å²) >= 11 is -0.186. The minimum Gasteiger partial charge on any atom is -0.484 e. The first-order chi connectivity index (χ1) is 11.9. The molecule has 2 aromatic rings. The molecule has 9 heteroatoms. The van der Waals surface area contributed by atoms with Crippen molar-refractivity contribution in [2.75, 3.05) is 13.1 Å². The summed E-state index contributed by atoms with van der Waals surface area (Å²) < 4.78 is 47.5. The van der Waals surface area contributed by atoms with Gasteiger partial charge in [-0.3, -0.25) is 4.79 Å². The number of rotatable bonds is 5. The molecule has 0 atom stereocenters. The molecule has 0 radical (unpaired) electrons. The highest BCUT2D eigenvalue weighted by molar-refractivity contribution is 8.00. The summed E-state index contributed by atoms with van der Waals surface area (Å²) in [5, 5.41) is 0. The largest absolute Gasteiger partial charge is 0.484 e. The first-order valence-corrected chi connectivity index (χ1v) is 8.45. The van der Waals surface area contributed by atoms with E-state index in [2.05, 4.69) is 4.98 Å². The van der Waals surface area contributed by atoms with Gasteiger partial charge in [0.25, 0.3) is 5.91 Å². The van der Waals surface area contributed by atoms with Crippen molar-refractivity contribution in [3.63, 3.8) is 0 Å². The Morgan fingerprint density at radius 2 is 1.92 bits per heavy atom. The molecule has 0 saturated carbocycles. The number of amides is 1. The normalized spacial score (nSPS) is 14.8. The van der Waals surface area contributed by atoms with Gasteiger partial charge < -0.3 is 14.1 Å². The molecule has 1 aliphatic rings. The van der Waals surface area contributed by atoms with Crippen molar-refractivity contribution in [3.05, 3.63) is 42.1 Å².